The number of aryl methyl sites for hydroxylation is 2. The van der Waals surface area contributed by atoms with Crippen molar-refractivity contribution in [3.05, 3.63) is 94.8 Å². The molecular weight excluding hydrogens is 368 g/mol. The van der Waals surface area contributed by atoms with Gasteiger partial charge in [-0.3, -0.25) is 4.79 Å². The fraction of sp³-hybridized carbons (Fsp3) is 0.370. The topological polar surface area (TPSA) is 25.2 Å². The lowest BCUT2D eigenvalue weighted by Gasteiger charge is -2.32. The zero-order chi connectivity index (χ0) is 21.7. The minimum Gasteiger partial charge on any atom is -0.345 e. The molecule has 1 heterocycles. The molecule has 0 bridgehead atoms. The van der Waals surface area contributed by atoms with E-state index in [2.05, 4.69) is 93.9 Å². The molecule has 0 saturated carbocycles. The van der Waals surface area contributed by atoms with E-state index in [-0.39, 0.29) is 11.9 Å². The van der Waals surface area contributed by atoms with Crippen molar-refractivity contribution in [1.82, 2.24) is 9.47 Å². The van der Waals surface area contributed by atoms with Crippen LogP contribution in [0.3, 0.4) is 0 Å². The van der Waals surface area contributed by atoms with Gasteiger partial charge >= 0.3 is 0 Å². The van der Waals surface area contributed by atoms with E-state index in [1.807, 2.05) is 17.0 Å². The smallest absolute Gasteiger partial charge is 0.254 e. The van der Waals surface area contributed by atoms with Crippen LogP contribution in [-0.2, 0) is 19.5 Å². The molecule has 1 atom stereocenters. The van der Waals surface area contributed by atoms with Gasteiger partial charge in [0.2, 0.25) is 0 Å². The van der Waals surface area contributed by atoms with E-state index in [9.17, 15) is 4.79 Å². The average molecular weight is 403 g/mol. The number of rotatable bonds is 8. The molecule has 0 N–H and O–H groups in total. The first-order valence-electron chi connectivity index (χ1n) is 11.0. The van der Waals surface area contributed by atoms with E-state index in [1.165, 1.54) is 16.7 Å². The Hall–Kier alpha value is -2.81. The highest BCUT2D eigenvalue weighted by molar-refractivity contribution is 5.94. The van der Waals surface area contributed by atoms with Gasteiger partial charge in [0.25, 0.3) is 5.91 Å². The molecule has 1 amide bonds. The van der Waals surface area contributed by atoms with Crippen molar-refractivity contribution in [2.24, 2.45) is 5.92 Å². The number of carbonyl (C=O) groups is 1. The molecule has 3 aromatic rings. The summed E-state index contributed by atoms with van der Waals surface area (Å²) in [5.74, 6) is 0.478. The predicted molar refractivity (Wildman–Crippen MR) is 125 cm³/mol. The van der Waals surface area contributed by atoms with Crippen LogP contribution in [0.5, 0.6) is 0 Å². The molecule has 0 fully saturated rings. The molecule has 30 heavy (non-hydrogen) atoms. The lowest BCUT2D eigenvalue weighted by Crippen LogP contribution is -2.41. The second kappa shape index (κ2) is 9.80. The number of hydrogen-bond donors (Lipinski definition) is 0. The van der Waals surface area contributed by atoms with Gasteiger partial charge < -0.3 is 9.47 Å². The zero-order valence-corrected chi connectivity index (χ0v) is 18.9. The van der Waals surface area contributed by atoms with E-state index in [4.69, 9.17) is 0 Å². The Morgan fingerprint density at radius 1 is 0.967 bits per heavy atom. The standard InChI is InChI=1S/C27H34N2O/c1-6-23-12-14-25(15-13-23)27(30)29(22(5)20(2)3)19-26-11-8-16-28(26)18-24-10-7-9-21(4)17-24/h7-17,20,22H,6,18-19H2,1-5H3. The van der Waals surface area contributed by atoms with Crippen LogP contribution in [0, 0.1) is 12.8 Å². The van der Waals surface area contributed by atoms with Crippen molar-refractivity contribution in [1.29, 1.82) is 0 Å². The molecule has 0 aliphatic heterocycles. The summed E-state index contributed by atoms with van der Waals surface area (Å²) in [4.78, 5) is 15.5. The van der Waals surface area contributed by atoms with Gasteiger partial charge in [-0.15, -0.1) is 0 Å². The van der Waals surface area contributed by atoms with Crippen LogP contribution < -0.4 is 0 Å². The van der Waals surface area contributed by atoms with Gasteiger partial charge in [0.15, 0.2) is 0 Å². The van der Waals surface area contributed by atoms with Crippen LogP contribution in [0.2, 0.25) is 0 Å². The summed E-state index contributed by atoms with van der Waals surface area (Å²) in [7, 11) is 0. The van der Waals surface area contributed by atoms with Crippen LogP contribution in [-0.4, -0.2) is 21.4 Å². The van der Waals surface area contributed by atoms with E-state index in [0.717, 1.165) is 24.2 Å². The third kappa shape index (κ3) is 5.21. The number of hydrogen-bond acceptors (Lipinski definition) is 1. The Bertz CT molecular complexity index is 969. The quantitative estimate of drug-likeness (QED) is 0.447. The molecule has 3 rings (SSSR count). The third-order valence-electron chi connectivity index (χ3n) is 6.02. The van der Waals surface area contributed by atoms with Crippen LogP contribution in [0.4, 0.5) is 0 Å². The number of aromatic nitrogens is 1. The predicted octanol–water partition coefficient (Wildman–Crippen LogP) is 6.09. The van der Waals surface area contributed by atoms with Gasteiger partial charge in [0, 0.05) is 30.0 Å². The van der Waals surface area contributed by atoms with Gasteiger partial charge in [0.1, 0.15) is 0 Å². The minimum atomic E-state index is 0.0992. The molecule has 2 aromatic carbocycles. The molecule has 0 spiro atoms. The number of nitrogens with zero attached hydrogens (tertiary/aromatic N) is 2. The van der Waals surface area contributed by atoms with Gasteiger partial charge in [-0.25, -0.2) is 0 Å². The SMILES string of the molecule is CCc1ccc(C(=O)N(Cc2cccn2Cc2cccc(C)c2)C(C)C(C)C)cc1. The van der Waals surface area contributed by atoms with Crippen molar-refractivity contribution in [2.75, 3.05) is 0 Å². The monoisotopic (exact) mass is 402 g/mol. The van der Waals surface area contributed by atoms with Crippen molar-refractivity contribution in [3.63, 3.8) is 0 Å². The molecule has 3 nitrogen and oxygen atoms in total. The second-order valence-corrected chi connectivity index (χ2v) is 8.58. The fourth-order valence-electron chi connectivity index (χ4n) is 3.74. The van der Waals surface area contributed by atoms with Crippen LogP contribution >= 0.6 is 0 Å². The van der Waals surface area contributed by atoms with E-state index < -0.39 is 0 Å². The maximum atomic E-state index is 13.4. The summed E-state index contributed by atoms with van der Waals surface area (Å²) in [6.07, 6.45) is 3.09. The van der Waals surface area contributed by atoms with Crippen molar-refractivity contribution in [3.8, 4) is 0 Å². The second-order valence-electron chi connectivity index (χ2n) is 8.58. The lowest BCUT2D eigenvalue weighted by molar-refractivity contribution is 0.0622. The molecule has 1 unspecified atom stereocenters. The van der Waals surface area contributed by atoms with Crippen LogP contribution in [0.1, 0.15) is 60.4 Å². The van der Waals surface area contributed by atoms with Gasteiger partial charge in [-0.2, -0.15) is 0 Å². The summed E-state index contributed by atoms with van der Waals surface area (Å²) in [5, 5.41) is 0. The van der Waals surface area contributed by atoms with Gasteiger partial charge in [-0.1, -0.05) is 62.7 Å². The third-order valence-corrected chi connectivity index (χ3v) is 6.02. The Kier molecular flexibility index (Phi) is 7.15. The lowest BCUT2D eigenvalue weighted by atomic mass is 10.0. The molecular formula is C27H34N2O. The summed E-state index contributed by atoms with van der Waals surface area (Å²) < 4.78 is 2.25. The molecule has 3 heteroatoms. The van der Waals surface area contributed by atoms with Crippen molar-refractivity contribution < 1.29 is 4.79 Å². The summed E-state index contributed by atoms with van der Waals surface area (Å²) >= 11 is 0. The Morgan fingerprint density at radius 3 is 2.33 bits per heavy atom. The van der Waals surface area contributed by atoms with Crippen molar-refractivity contribution in [2.45, 2.75) is 60.2 Å². The average Bonchev–Trinajstić information content (AvgIpc) is 3.17. The van der Waals surface area contributed by atoms with Gasteiger partial charge in [-0.05, 0) is 61.6 Å². The molecule has 1 aromatic heterocycles. The van der Waals surface area contributed by atoms with Crippen LogP contribution in [0.25, 0.3) is 0 Å². The Labute approximate surface area is 181 Å². The Balaban J connectivity index is 1.85. The molecule has 0 radical (unpaired) electrons. The molecule has 0 saturated heterocycles. The van der Waals surface area contributed by atoms with Gasteiger partial charge in [0.05, 0.1) is 6.54 Å². The summed E-state index contributed by atoms with van der Waals surface area (Å²) in [6.45, 7) is 12.2. The fourth-order valence-corrected chi connectivity index (χ4v) is 3.74. The first-order valence-corrected chi connectivity index (χ1v) is 11.0. The Morgan fingerprint density at radius 2 is 1.70 bits per heavy atom. The minimum absolute atomic E-state index is 0.0992. The molecule has 158 valence electrons. The van der Waals surface area contributed by atoms with E-state index in [1.54, 1.807) is 0 Å². The number of benzene rings is 2. The number of carbonyl (C=O) groups excluding carboxylic acids is 1. The molecule has 0 aliphatic rings. The molecule has 0 aliphatic carbocycles. The maximum absolute atomic E-state index is 13.4. The zero-order valence-electron chi connectivity index (χ0n) is 18.9. The number of amides is 1. The summed E-state index contributed by atoms with van der Waals surface area (Å²) in [6, 6.07) is 21.0. The summed E-state index contributed by atoms with van der Waals surface area (Å²) in [5.41, 5.74) is 5.71. The highest BCUT2D eigenvalue weighted by Gasteiger charge is 2.25. The normalized spacial score (nSPS) is 12.2. The van der Waals surface area contributed by atoms with Crippen LogP contribution in [0.15, 0.2) is 66.9 Å². The first kappa shape index (κ1) is 21.9. The highest BCUT2D eigenvalue weighted by Crippen LogP contribution is 2.20. The largest absolute Gasteiger partial charge is 0.345 e. The van der Waals surface area contributed by atoms with E-state index >= 15 is 0 Å². The maximum Gasteiger partial charge on any atom is 0.254 e. The highest BCUT2D eigenvalue weighted by atomic mass is 16.2. The van der Waals surface area contributed by atoms with Crippen molar-refractivity contribution >= 4 is 5.91 Å². The first-order chi connectivity index (χ1) is 14.4. The van der Waals surface area contributed by atoms with E-state index in [0.29, 0.717) is 12.5 Å².